The normalized spacial score (nSPS) is 10.2. The first kappa shape index (κ1) is 12.4. The van der Waals surface area contributed by atoms with E-state index in [1.54, 1.807) is 7.11 Å². The predicted molar refractivity (Wildman–Crippen MR) is 74.0 cm³/mol. The Labute approximate surface area is 108 Å². The van der Waals surface area contributed by atoms with Gasteiger partial charge in [0, 0.05) is 12.7 Å². The van der Waals surface area contributed by atoms with E-state index in [1.807, 2.05) is 30.5 Å². The van der Waals surface area contributed by atoms with Crippen LogP contribution in [0.15, 0.2) is 36.5 Å². The van der Waals surface area contributed by atoms with Crippen molar-refractivity contribution in [3.05, 3.63) is 53.2 Å². The Hall–Kier alpha value is -2.03. The average Bonchev–Trinajstić information content (AvgIpc) is 2.41. The lowest BCUT2D eigenvalue weighted by Crippen LogP contribution is -2.02. The Balaban J connectivity index is 1.99. The van der Waals surface area contributed by atoms with Crippen molar-refractivity contribution in [1.29, 1.82) is 0 Å². The standard InChI is InChI=1S/C15H18N2O/c1-11-8-15(16-9-12(11)2)17-10-13-4-6-14(18-3)7-5-13/h4-9H,10H2,1-3H3,(H,16,17). The number of hydrogen-bond donors (Lipinski definition) is 1. The Kier molecular flexibility index (Phi) is 3.82. The first-order chi connectivity index (χ1) is 8.69. The number of rotatable bonds is 4. The van der Waals surface area contributed by atoms with Gasteiger partial charge in [0.15, 0.2) is 0 Å². The van der Waals surface area contributed by atoms with E-state index in [1.165, 1.54) is 16.7 Å². The molecule has 0 atom stereocenters. The second-order valence-corrected chi connectivity index (χ2v) is 4.36. The molecule has 0 saturated carbocycles. The molecule has 0 bridgehead atoms. The summed E-state index contributed by atoms with van der Waals surface area (Å²) < 4.78 is 5.13. The number of hydrogen-bond acceptors (Lipinski definition) is 3. The molecule has 0 spiro atoms. The van der Waals surface area contributed by atoms with Crippen LogP contribution in [0, 0.1) is 13.8 Å². The Morgan fingerprint density at radius 2 is 1.83 bits per heavy atom. The van der Waals surface area contributed by atoms with E-state index in [0.717, 1.165) is 18.1 Å². The van der Waals surface area contributed by atoms with E-state index >= 15 is 0 Å². The molecule has 18 heavy (non-hydrogen) atoms. The fourth-order valence-corrected chi connectivity index (χ4v) is 1.66. The number of anilines is 1. The SMILES string of the molecule is COc1ccc(CNc2cc(C)c(C)cn2)cc1. The predicted octanol–water partition coefficient (Wildman–Crippen LogP) is 3.32. The summed E-state index contributed by atoms with van der Waals surface area (Å²) in [5, 5.41) is 3.31. The molecule has 1 N–H and O–H groups in total. The number of benzene rings is 1. The van der Waals surface area contributed by atoms with Crippen molar-refractivity contribution < 1.29 is 4.74 Å². The van der Waals surface area contributed by atoms with Gasteiger partial charge in [-0.1, -0.05) is 12.1 Å². The molecular formula is C15H18N2O. The van der Waals surface area contributed by atoms with Crippen LogP contribution in [0.5, 0.6) is 5.75 Å². The number of ether oxygens (including phenoxy) is 1. The highest BCUT2D eigenvalue weighted by molar-refractivity contribution is 5.41. The van der Waals surface area contributed by atoms with Crippen LogP contribution in [0.1, 0.15) is 16.7 Å². The maximum Gasteiger partial charge on any atom is 0.126 e. The van der Waals surface area contributed by atoms with Crippen LogP contribution in [0.4, 0.5) is 5.82 Å². The van der Waals surface area contributed by atoms with Crippen molar-refractivity contribution in [2.75, 3.05) is 12.4 Å². The third-order valence-corrected chi connectivity index (χ3v) is 3.01. The fraction of sp³-hybridized carbons (Fsp3) is 0.267. The van der Waals surface area contributed by atoms with Gasteiger partial charge in [0.25, 0.3) is 0 Å². The van der Waals surface area contributed by atoms with Crippen LogP contribution in [0.25, 0.3) is 0 Å². The Morgan fingerprint density at radius 3 is 2.44 bits per heavy atom. The summed E-state index contributed by atoms with van der Waals surface area (Å²) >= 11 is 0. The summed E-state index contributed by atoms with van der Waals surface area (Å²) in [5.74, 6) is 1.79. The largest absolute Gasteiger partial charge is 0.497 e. The van der Waals surface area contributed by atoms with Crippen LogP contribution in [-0.4, -0.2) is 12.1 Å². The molecule has 0 aliphatic carbocycles. The minimum atomic E-state index is 0.763. The second kappa shape index (κ2) is 5.54. The molecule has 0 amide bonds. The molecule has 3 heteroatoms. The van der Waals surface area contributed by atoms with Crippen LogP contribution >= 0.6 is 0 Å². The number of nitrogens with zero attached hydrogens (tertiary/aromatic N) is 1. The topological polar surface area (TPSA) is 34.1 Å². The Bertz CT molecular complexity index is 521. The lowest BCUT2D eigenvalue weighted by Gasteiger charge is -2.08. The molecule has 1 heterocycles. The van der Waals surface area contributed by atoms with Gasteiger partial charge in [-0.3, -0.25) is 0 Å². The monoisotopic (exact) mass is 242 g/mol. The van der Waals surface area contributed by atoms with Gasteiger partial charge in [-0.05, 0) is 48.7 Å². The number of aromatic nitrogens is 1. The lowest BCUT2D eigenvalue weighted by atomic mass is 10.2. The van der Waals surface area contributed by atoms with Crippen molar-refractivity contribution in [2.24, 2.45) is 0 Å². The summed E-state index contributed by atoms with van der Waals surface area (Å²) in [6.45, 7) is 4.92. The summed E-state index contributed by atoms with van der Waals surface area (Å²) in [4.78, 5) is 4.35. The molecule has 0 fully saturated rings. The van der Waals surface area contributed by atoms with Gasteiger partial charge in [-0.25, -0.2) is 4.98 Å². The molecule has 0 saturated heterocycles. The third-order valence-electron chi connectivity index (χ3n) is 3.01. The van der Waals surface area contributed by atoms with Gasteiger partial charge in [-0.2, -0.15) is 0 Å². The summed E-state index contributed by atoms with van der Waals surface area (Å²) in [6.07, 6.45) is 1.89. The zero-order chi connectivity index (χ0) is 13.0. The van der Waals surface area contributed by atoms with E-state index in [4.69, 9.17) is 4.74 Å². The zero-order valence-corrected chi connectivity index (χ0v) is 11.0. The van der Waals surface area contributed by atoms with Gasteiger partial charge < -0.3 is 10.1 Å². The molecule has 0 aliphatic rings. The molecule has 94 valence electrons. The molecule has 0 radical (unpaired) electrons. The summed E-state index contributed by atoms with van der Waals surface area (Å²) in [7, 11) is 1.67. The van der Waals surface area contributed by atoms with Gasteiger partial charge >= 0.3 is 0 Å². The number of pyridine rings is 1. The third kappa shape index (κ3) is 3.00. The highest BCUT2D eigenvalue weighted by Crippen LogP contribution is 2.14. The van der Waals surface area contributed by atoms with Crippen molar-refractivity contribution in [3.8, 4) is 5.75 Å². The lowest BCUT2D eigenvalue weighted by molar-refractivity contribution is 0.414. The highest BCUT2D eigenvalue weighted by Gasteiger charge is 1.98. The molecule has 1 aromatic heterocycles. The van der Waals surface area contributed by atoms with E-state index in [-0.39, 0.29) is 0 Å². The average molecular weight is 242 g/mol. The number of nitrogens with one attached hydrogen (secondary N) is 1. The van der Waals surface area contributed by atoms with Gasteiger partial charge in [-0.15, -0.1) is 0 Å². The van der Waals surface area contributed by atoms with Crippen molar-refractivity contribution in [3.63, 3.8) is 0 Å². The highest BCUT2D eigenvalue weighted by atomic mass is 16.5. The van der Waals surface area contributed by atoms with Crippen LogP contribution in [-0.2, 0) is 6.54 Å². The fourth-order valence-electron chi connectivity index (χ4n) is 1.66. The smallest absolute Gasteiger partial charge is 0.126 e. The zero-order valence-electron chi connectivity index (χ0n) is 11.0. The molecular weight excluding hydrogens is 224 g/mol. The van der Waals surface area contributed by atoms with E-state index in [2.05, 4.69) is 30.2 Å². The van der Waals surface area contributed by atoms with Crippen molar-refractivity contribution in [2.45, 2.75) is 20.4 Å². The van der Waals surface area contributed by atoms with Crippen LogP contribution < -0.4 is 10.1 Å². The van der Waals surface area contributed by atoms with Crippen LogP contribution in [0.3, 0.4) is 0 Å². The van der Waals surface area contributed by atoms with Gasteiger partial charge in [0.05, 0.1) is 7.11 Å². The van der Waals surface area contributed by atoms with E-state index in [0.29, 0.717) is 0 Å². The van der Waals surface area contributed by atoms with E-state index in [9.17, 15) is 0 Å². The quantitative estimate of drug-likeness (QED) is 0.893. The molecule has 1 aromatic carbocycles. The molecule has 0 unspecified atom stereocenters. The molecule has 2 aromatic rings. The maximum absolute atomic E-state index is 5.13. The minimum absolute atomic E-state index is 0.763. The summed E-state index contributed by atoms with van der Waals surface area (Å²) in [6, 6.07) is 10.1. The minimum Gasteiger partial charge on any atom is -0.497 e. The number of methoxy groups -OCH3 is 1. The van der Waals surface area contributed by atoms with Gasteiger partial charge in [0.1, 0.15) is 11.6 Å². The first-order valence-corrected chi connectivity index (χ1v) is 5.99. The van der Waals surface area contributed by atoms with Crippen molar-refractivity contribution >= 4 is 5.82 Å². The van der Waals surface area contributed by atoms with Gasteiger partial charge in [0.2, 0.25) is 0 Å². The number of aryl methyl sites for hydroxylation is 2. The molecule has 2 rings (SSSR count). The molecule has 0 aliphatic heterocycles. The Morgan fingerprint density at radius 1 is 1.11 bits per heavy atom. The van der Waals surface area contributed by atoms with E-state index < -0.39 is 0 Å². The first-order valence-electron chi connectivity index (χ1n) is 5.99. The molecule has 3 nitrogen and oxygen atoms in total. The summed E-state index contributed by atoms with van der Waals surface area (Å²) in [5.41, 5.74) is 3.67. The maximum atomic E-state index is 5.13. The van der Waals surface area contributed by atoms with Crippen LogP contribution in [0.2, 0.25) is 0 Å². The van der Waals surface area contributed by atoms with Crippen molar-refractivity contribution in [1.82, 2.24) is 4.98 Å². The second-order valence-electron chi connectivity index (χ2n) is 4.36.